The van der Waals surface area contributed by atoms with Crippen molar-refractivity contribution in [3.05, 3.63) is 100 Å². The third kappa shape index (κ3) is 3.45. The molecule has 6 rings (SSSR count). The van der Waals surface area contributed by atoms with Gasteiger partial charge in [0.25, 0.3) is 11.4 Å². The molecule has 35 heavy (non-hydrogen) atoms. The molecule has 0 saturated carbocycles. The zero-order chi connectivity index (χ0) is 23.9. The topological polar surface area (TPSA) is 86.3 Å². The molecule has 1 unspecified atom stereocenters. The Balaban J connectivity index is 1.57. The summed E-state index contributed by atoms with van der Waals surface area (Å²) in [7, 11) is 3.17. The van der Waals surface area contributed by atoms with E-state index in [9.17, 15) is 4.79 Å². The molecule has 4 heterocycles. The third-order valence-electron chi connectivity index (χ3n) is 6.48. The van der Waals surface area contributed by atoms with Gasteiger partial charge in [0.2, 0.25) is 11.7 Å². The Morgan fingerprint density at radius 2 is 1.83 bits per heavy atom. The monoisotopic (exact) mass is 465 g/mol. The van der Waals surface area contributed by atoms with Crippen LogP contribution in [0.4, 0.5) is 5.95 Å². The van der Waals surface area contributed by atoms with Gasteiger partial charge in [-0.2, -0.15) is 0 Å². The quantitative estimate of drug-likeness (QED) is 0.394. The Morgan fingerprint density at radius 1 is 1.03 bits per heavy atom. The lowest BCUT2D eigenvalue weighted by Gasteiger charge is -2.39. The highest BCUT2D eigenvalue weighted by molar-refractivity contribution is 5.75. The lowest BCUT2D eigenvalue weighted by Crippen LogP contribution is -2.40. The summed E-state index contributed by atoms with van der Waals surface area (Å²) in [6.45, 7) is 0.695. The minimum atomic E-state index is -0.307. The number of ether oxygens (including phenoxy) is 1. The summed E-state index contributed by atoms with van der Waals surface area (Å²) >= 11 is 0. The largest absolute Gasteiger partial charge is 0.489 e. The molecular formula is C27H23N5O3. The minimum absolute atomic E-state index is 0.0874. The summed E-state index contributed by atoms with van der Waals surface area (Å²) in [5.41, 5.74) is 4.73. The molecule has 0 radical (unpaired) electrons. The number of fused-ring (bicyclic) bond motifs is 2. The van der Waals surface area contributed by atoms with Gasteiger partial charge in [0.15, 0.2) is 11.3 Å². The van der Waals surface area contributed by atoms with Gasteiger partial charge in [0, 0.05) is 25.9 Å². The van der Waals surface area contributed by atoms with Crippen molar-refractivity contribution in [1.82, 2.24) is 19.5 Å². The normalized spacial score (nSPS) is 15.3. The maximum absolute atomic E-state index is 13.5. The number of nitrogens with zero attached hydrogens (tertiary/aromatic N) is 5. The summed E-state index contributed by atoms with van der Waals surface area (Å²) in [6.07, 6.45) is 4.09. The number of oxazole rings is 1. The van der Waals surface area contributed by atoms with Gasteiger partial charge < -0.3 is 14.1 Å². The van der Waals surface area contributed by atoms with Gasteiger partial charge in [-0.15, -0.1) is 0 Å². The van der Waals surface area contributed by atoms with E-state index in [0.29, 0.717) is 23.6 Å². The highest BCUT2D eigenvalue weighted by atomic mass is 16.5. The zero-order valence-corrected chi connectivity index (χ0v) is 19.4. The van der Waals surface area contributed by atoms with E-state index in [1.54, 1.807) is 25.5 Å². The predicted molar refractivity (Wildman–Crippen MR) is 133 cm³/mol. The van der Waals surface area contributed by atoms with Crippen LogP contribution in [0.1, 0.15) is 22.7 Å². The number of hydrogen-bond donors (Lipinski definition) is 0. The first-order chi connectivity index (χ1) is 17.2. The number of pyridine rings is 1. The second kappa shape index (κ2) is 8.39. The Labute approximate surface area is 201 Å². The fourth-order valence-electron chi connectivity index (χ4n) is 4.81. The van der Waals surface area contributed by atoms with E-state index in [0.717, 1.165) is 12.0 Å². The Kier molecular flexibility index (Phi) is 5.06. The van der Waals surface area contributed by atoms with Crippen molar-refractivity contribution in [2.24, 2.45) is 7.05 Å². The van der Waals surface area contributed by atoms with Crippen LogP contribution in [0.5, 0.6) is 5.75 Å². The molecule has 0 spiro atoms. The average Bonchev–Trinajstić information content (AvgIpc) is 3.34. The molecule has 1 atom stereocenters. The van der Waals surface area contributed by atoms with Crippen molar-refractivity contribution < 1.29 is 9.15 Å². The van der Waals surface area contributed by atoms with Gasteiger partial charge >= 0.3 is 0 Å². The summed E-state index contributed by atoms with van der Waals surface area (Å²) in [4.78, 5) is 29.2. The molecule has 2 aromatic carbocycles. The van der Waals surface area contributed by atoms with Gasteiger partial charge in [-0.3, -0.25) is 14.3 Å². The molecule has 1 aliphatic heterocycles. The molecule has 0 bridgehead atoms. The summed E-state index contributed by atoms with van der Waals surface area (Å²) in [5.74, 6) is 0.830. The molecular weight excluding hydrogens is 442 g/mol. The highest BCUT2D eigenvalue weighted by Gasteiger charge is 2.33. The van der Waals surface area contributed by atoms with E-state index >= 15 is 0 Å². The minimum Gasteiger partial charge on any atom is -0.489 e. The first-order valence-electron chi connectivity index (χ1n) is 11.4. The van der Waals surface area contributed by atoms with Gasteiger partial charge in [0.1, 0.15) is 5.52 Å². The number of benzene rings is 2. The van der Waals surface area contributed by atoms with E-state index in [-0.39, 0.29) is 28.9 Å². The van der Waals surface area contributed by atoms with Crippen LogP contribution in [0.2, 0.25) is 0 Å². The summed E-state index contributed by atoms with van der Waals surface area (Å²) < 4.78 is 13.0. The Bertz CT molecular complexity index is 1560. The fourth-order valence-corrected chi connectivity index (χ4v) is 4.81. The van der Waals surface area contributed by atoms with Crippen molar-refractivity contribution >= 4 is 17.0 Å². The summed E-state index contributed by atoms with van der Waals surface area (Å²) in [6, 6.07) is 20.3. The Morgan fingerprint density at radius 3 is 2.63 bits per heavy atom. The average molecular weight is 466 g/mol. The molecule has 5 aromatic rings. The molecule has 0 N–H and O–H groups in total. The van der Waals surface area contributed by atoms with Crippen molar-refractivity contribution in [3.63, 3.8) is 0 Å². The number of hydrogen-bond acceptors (Lipinski definition) is 7. The zero-order valence-electron chi connectivity index (χ0n) is 19.4. The Hall–Kier alpha value is -4.46. The van der Waals surface area contributed by atoms with E-state index in [1.165, 1.54) is 22.8 Å². The standard InChI is InChI=1S/C27H23N5O3/c1-31-26(33)24(34-2)22(25-29-20-16-28-14-12-21(20)35-25)30-27(31)32-15-13-17-8-6-7-11-19(17)23(32)18-9-4-3-5-10-18/h3-12,14,16,23H,13,15H2,1-2H3. The maximum atomic E-state index is 13.5. The van der Waals surface area contributed by atoms with Crippen LogP contribution in [0, 0.1) is 0 Å². The highest BCUT2D eigenvalue weighted by Crippen LogP contribution is 2.38. The van der Waals surface area contributed by atoms with E-state index in [4.69, 9.17) is 14.1 Å². The predicted octanol–water partition coefficient (Wildman–Crippen LogP) is 4.14. The van der Waals surface area contributed by atoms with Crippen LogP contribution in [-0.2, 0) is 13.5 Å². The number of aromatic nitrogens is 4. The molecule has 8 nitrogen and oxygen atoms in total. The molecule has 8 heteroatoms. The van der Waals surface area contributed by atoms with Gasteiger partial charge in [0.05, 0.1) is 19.3 Å². The molecule has 0 saturated heterocycles. The molecule has 0 fully saturated rings. The van der Waals surface area contributed by atoms with Crippen molar-refractivity contribution in [2.45, 2.75) is 12.5 Å². The first kappa shape index (κ1) is 21.1. The van der Waals surface area contributed by atoms with E-state index in [1.807, 2.05) is 18.2 Å². The maximum Gasteiger partial charge on any atom is 0.297 e. The van der Waals surface area contributed by atoms with Crippen LogP contribution < -0.4 is 15.2 Å². The third-order valence-corrected chi connectivity index (χ3v) is 6.48. The smallest absolute Gasteiger partial charge is 0.297 e. The van der Waals surface area contributed by atoms with Crippen molar-refractivity contribution in [3.8, 4) is 17.3 Å². The van der Waals surface area contributed by atoms with E-state index < -0.39 is 0 Å². The molecule has 0 amide bonds. The number of methoxy groups -OCH3 is 1. The van der Waals surface area contributed by atoms with Crippen LogP contribution in [0.15, 0.2) is 82.3 Å². The summed E-state index contributed by atoms with van der Waals surface area (Å²) in [5, 5.41) is 0. The van der Waals surface area contributed by atoms with Gasteiger partial charge in [-0.25, -0.2) is 9.97 Å². The van der Waals surface area contributed by atoms with Crippen molar-refractivity contribution in [2.75, 3.05) is 18.6 Å². The second-order valence-corrected chi connectivity index (χ2v) is 8.48. The molecule has 3 aromatic heterocycles. The number of anilines is 1. The lowest BCUT2D eigenvalue weighted by molar-refractivity contribution is 0.401. The lowest BCUT2D eigenvalue weighted by atomic mass is 9.88. The van der Waals surface area contributed by atoms with Gasteiger partial charge in [-0.1, -0.05) is 54.6 Å². The van der Waals surface area contributed by atoms with Crippen LogP contribution in [0.25, 0.3) is 22.7 Å². The molecule has 1 aliphatic rings. The van der Waals surface area contributed by atoms with Crippen LogP contribution in [0.3, 0.4) is 0 Å². The first-order valence-corrected chi connectivity index (χ1v) is 11.4. The van der Waals surface area contributed by atoms with Crippen molar-refractivity contribution in [1.29, 1.82) is 0 Å². The van der Waals surface area contributed by atoms with Gasteiger partial charge in [-0.05, 0) is 23.1 Å². The number of rotatable bonds is 4. The second-order valence-electron chi connectivity index (χ2n) is 8.48. The molecule has 0 aliphatic carbocycles. The van der Waals surface area contributed by atoms with E-state index in [2.05, 4.69) is 51.3 Å². The SMILES string of the molecule is COc1c(-c2nc3cnccc3o2)nc(N2CCc3ccccc3C2c2ccccc2)n(C)c1=O. The van der Waals surface area contributed by atoms with Crippen LogP contribution in [-0.4, -0.2) is 33.2 Å². The van der Waals surface area contributed by atoms with Crippen LogP contribution >= 0.6 is 0 Å². The fraction of sp³-hybridized carbons (Fsp3) is 0.185. The molecule has 174 valence electrons.